The van der Waals surface area contributed by atoms with Gasteiger partial charge in [-0.05, 0) is 18.1 Å². The molecule has 19 heavy (non-hydrogen) atoms. The van der Waals surface area contributed by atoms with Crippen LogP contribution in [0.2, 0.25) is 5.02 Å². The highest BCUT2D eigenvalue weighted by atomic mass is 35.5. The lowest BCUT2D eigenvalue weighted by atomic mass is 10.0. The van der Waals surface area contributed by atoms with Crippen molar-refractivity contribution in [2.75, 3.05) is 6.61 Å². The van der Waals surface area contributed by atoms with Gasteiger partial charge in [0, 0.05) is 12.8 Å². The molecule has 3 N–H and O–H groups in total. The first-order valence-corrected chi connectivity index (χ1v) is 6.39. The van der Waals surface area contributed by atoms with Gasteiger partial charge in [0.1, 0.15) is 5.69 Å². The predicted molar refractivity (Wildman–Crippen MR) is 74.2 cm³/mol. The van der Waals surface area contributed by atoms with Gasteiger partial charge in [0.05, 0.1) is 11.1 Å². The fraction of sp³-hybridized carbons (Fsp3) is 0.214. The second-order valence-electron chi connectivity index (χ2n) is 4.18. The smallest absolute Gasteiger partial charge is 0.268 e. The minimum absolute atomic E-state index is 0.00528. The summed E-state index contributed by atoms with van der Waals surface area (Å²) in [5.41, 5.74) is 1.37. The number of H-pyrrole nitrogens is 1. The zero-order valence-electron chi connectivity index (χ0n) is 10.3. The van der Waals surface area contributed by atoms with E-state index >= 15 is 0 Å². The van der Waals surface area contributed by atoms with Gasteiger partial charge in [-0.25, -0.2) is 0 Å². The van der Waals surface area contributed by atoms with Crippen LogP contribution < -0.4 is 5.32 Å². The zero-order valence-corrected chi connectivity index (χ0v) is 11.0. The van der Waals surface area contributed by atoms with Crippen LogP contribution in [0.15, 0.2) is 42.6 Å². The van der Waals surface area contributed by atoms with Gasteiger partial charge in [-0.2, -0.15) is 0 Å². The van der Waals surface area contributed by atoms with E-state index in [0.29, 0.717) is 17.1 Å². The zero-order chi connectivity index (χ0) is 13.7. The Morgan fingerprint density at radius 2 is 2.11 bits per heavy atom. The topological polar surface area (TPSA) is 65.1 Å². The van der Waals surface area contributed by atoms with Crippen LogP contribution in [-0.4, -0.2) is 22.6 Å². The standard InChI is InChI=1S/C14H15ClN2O2/c15-11-8-13(16-9-11)14(19)17-12(6-7-18)10-4-2-1-3-5-10/h1-5,8-9,12,16,18H,6-7H2,(H,17,19). The number of aromatic amines is 1. The maximum Gasteiger partial charge on any atom is 0.268 e. The van der Waals surface area contributed by atoms with Crippen molar-refractivity contribution in [3.8, 4) is 0 Å². The molecule has 0 aliphatic carbocycles. The molecule has 1 atom stereocenters. The first-order chi connectivity index (χ1) is 9.20. The summed E-state index contributed by atoms with van der Waals surface area (Å²) >= 11 is 5.77. The van der Waals surface area contributed by atoms with Crippen LogP contribution in [0.5, 0.6) is 0 Å². The molecule has 0 radical (unpaired) electrons. The number of aliphatic hydroxyl groups is 1. The van der Waals surface area contributed by atoms with Crippen LogP contribution in [0.1, 0.15) is 28.5 Å². The van der Waals surface area contributed by atoms with E-state index < -0.39 is 0 Å². The largest absolute Gasteiger partial charge is 0.396 e. The molecule has 1 unspecified atom stereocenters. The van der Waals surface area contributed by atoms with Crippen molar-refractivity contribution in [3.05, 3.63) is 58.9 Å². The Morgan fingerprint density at radius 1 is 1.37 bits per heavy atom. The fourth-order valence-electron chi connectivity index (χ4n) is 1.87. The third-order valence-electron chi connectivity index (χ3n) is 2.82. The van der Waals surface area contributed by atoms with Gasteiger partial charge in [-0.3, -0.25) is 4.79 Å². The Kier molecular flexibility index (Phi) is 4.60. The van der Waals surface area contributed by atoms with Crippen molar-refractivity contribution in [3.63, 3.8) is 0 Å². The Hall–Kier alpha value is -1.78. The van der Waals surface area contributed by atoms with E-state index in [-0.39, 0.29) is 18.6 Å². The highest BCUT2D eigenvalue weighted by Gasteiger charge is 2.16. The van der Waals surface area contributed by atoms with Crippen molar-refractivity contribution >= 4 is 17.5 Å². The van der Waals surface area contributed by atoms with Crippen LogP contribution in [0.4, 0.5) is 0 Å². The molecule has 4 nitrogen and oxygen atoms in total. The Labute approximate surface area is 116 Å². The number of aliphatic hydroxyl groups excluding tert-OH is 1. The lowest BCUT2D eigenvalue weighted by Gasteiger charge is -2.17. The monoisotopic (exact) mass is 278 g/mol. The van der Waals surface area contributed by atoms with E-state index in [1.165, 1.54) is 0 Å². The van der Waals surface area contributed by atoms with Gasteiger partial charge < -0.3 is 15.4 Å². The van der Waals surface area contributed by atoms with Crippen LogP contribution in [0.3, 0.4) is 0 Å². The number of rotatable bonds is 5. The van der Waals surface area contributed by atoms with Crippen molar-refractivity contribution in [1.29, 1.82) is 0 Å². The summed E-state index contributed by atoms with van der Waals surface area (Å²) in [6.07, 6.45) is 2.02. The molecule has 2 rings (SSSR count). The molecule has 100 valence electrons. The third kappa shape index (κ3) is 3.59. The molecule has 0 aliphatic heterocycles. The number of aromatic nitrogens is 1. The number of carbonyl (C=O) groups excluding carboxylic acids is 1. The van der Waals surface area contributed by atoms with Crippen LogP contribution >= 0.6 is 11.6 Å². The molecule has 1 amide bonds. The average Bonchev–Trinajstić information content (AvgIpc) is 2.86. The number of benzene rings is 1. The van der Waals surface area contributed by atoms with Crippen LogP contribution in [0.25, 0.3) is 0 Å². The second-order valence-corrected chi connectivity index (χ2v) is 4.62. The van der Waals surface area contributed by atoms with E-state index in [4.69, 9.17) is 16.7 Å². The maximum absolute atomic E-state index is 12.0. The molecule has 0 bridgehead atoms. The van der Waals surface area contributed by atoms with Crippen LogP contribution in [0, 0.1) is 0 Å². The van der Waals surface area contributed by atoms with Gasteiger partial charge in [-0.15, -0.1) is 0 Å². The molecule has 1 aromatic heterocycles. The average molecular weight is 279 g/mol. The minimum Gasteiger partial charge on any atom is -0.396 e. The first-order valence-electron chi connectivity index (χ1n) is 6.01. The third-order valence-corrected chi connectivity index (χ3v) is 3.04. The van der Waals surface area contributed by atoms with Gasteiger partial charge in [-0.1, -0.05) is 41.9 Å². The van der Waals surface area contributed by atoms with E-state index in [1.807, 2.05) is 30.3 Å². The number of hydrogen-bond acceptors (Lipinski definition) is 2. The lowest BCUT2D eigenvalue weighted by molar-refractivity contribution is 0.0925. The molecule has 0 aliphatic rings. The summed E-state index contributed by atoms with van der Waals surface area (Å²) < 4.78 is 0. The van der Waals surface area contributed by atoms with E-state index in [0.717, 1.165) is 5.56 Å². The maximum atomic E-state index is 12.0. The molecule has 1 heterocycles. The molecular formula is C14H15ClN2O2. The molecule has 5 heteroatoms. The first kappa shape index (κ1) is 13.6. The van der Waals surface area contributed by atoms with E-state index in [9.17, 15) is 4.79 Å². The predicted octanol–water partition coefficient (Wildman–Crippen LogP) is 2.52. The molecule has 2 aromatic rings. The Morgan fingerprint density at radius 3 is 2.68 bits per heavy atom. The number of hydrogen-bond donors (Lipinski definition) is 3. The summed E-state index contributed by atoms with van der Waals surface area (Å²) in [4.78, 5) is 14.8. The lowest BCUT2D eigenvalue weighted by Crippen LogP contribution is -2.29. The summed E-state index contributed by atoms with van der Waals surface area (Å²) in [5, 5.41) is 12.5. The van der Waals surface area contributed by atoms with Crippen molar-refractivity contribution < 1.29 is 9.90 Å². The van der Waals surface area contributed by atoms with Crippen LogP contribution in [-0.2, 0) is 0 Å². The van der Waals surface area contributed by atoms with E-state index in [1.54, 1.807) is 12.3 Å². The van der Waals surface area contributed by atoms with Gasteiger partial charge >= 0.3 is 0 Å². The molecule has 0 saturated heterocycles. The van der Waals surface area contributed by atoms with Crippen molar-refractivity contribution in [2.24, 2.45) is 0 Å². The number of halogens is 1. The van der Waals surface area contributed by atoms with Gasteiger partial charge in [0.2, 0.25) is 0 Å². The molecule has 0 saturated carbocycles. The molecular weight excluding hydrogens is 264 g/mol. The molecule has 1 aromatic carbocycles. The molecule has 0 fully saturated rings. The van der Waals surface area contributed by atoms with Crippen molar-refractivity contribution in [1.82, 2.24) is 10.3 Å². The summed E-state index contributed by atoms with van der Waals surface area (Å²) in [5.74, 6) is -0.241. The fourth-order valence-corrected chi connectivity index (χ4v) is 2.04. The summed E-state index contributed by atoms with van der Waals surface area (Å²) in [6.45, 7) is 0.00528. The SMILES string of the molecule is O=C(NC(CCO)c1ccccc1)c1cc(Cl)c[nH]1. The number of amides is 1. The Bertz CT molecular complexity index is 539. The minimum atomic E-state index is -0.241. The Balaban J connectivity index is 2.11. The normalized spacial score (nSPS) is 12.1. The number of carbonyl (C=O) groups is 1. The highest BCUT2D eigenvalue weighted by molar-refractivity contribution is 6.30. The van der Waals surface area contributed by atoms with E-state index in [2.05, 4.69) is 10.3 Å². The number of nitrogens with one attached hydrogen (secondary N) is 2. The second kappa shape index (κ2) is 6.41. The van der Waals surface area contributed by atoms with Crippen molar-refractivity contribution in [2.45, 2.75) is 12.5 Å². The molecule has 0 spiro atoms. The summed E-state index contributed by atoms with van der Waals surface area (Å²) in [7, 11) is 0. The summed E-state index contributed by atoms with van der Waals surface area (Å²) in [6, 6.07) is 10.9. The highest BCUT2D eigenvalue weighted by Crippen LogP contribution is 2.17. The van der Waals surface area contributed by atoms with Gasteiger partial charge in [0.25, 0.3) is 5.91 Å². The quantitative estimate of drug-likeness (QED) is 0.787. The van der Waals surface area contributed by atoms with Gasteiger partial charge in [0.15, 0.2) is 0 Å².